The van der Waals surface area contributed by atoms with Crippen molar-refractivity contribution in [1.82, 2.24) is 0 Å². The van der Waals surface area contributed by atoms with Gasteiger partial charge < -0.3 is 4.74 Å². The molecule has 0 aromatic carbocycles. The van der Waals surface area contributed by atoms with E-state index in [-0.39, 0.29) is 43.1 Å². The van der Waals surface area contributed by atoms with Gasteiger partial charge in [0.25, 0.3) is 0 Å². The van der Waals surface area contributed by atoms with Crippen molar-refractivity contribution in [2.24, 2.45) is 0 Å². The van der Waals surface area contributed by atoms with E-state index in [4.69, 9.17) is 0 Å². The summed E-state index contributed by atoms with van der Waals surface area (Å²) >= 11 is 1.48. The maximum absolute atomic E-state index is 10.4. The Kier molecular flexibility index (Phi) is 88.1. The van der Waals surface area contributed by atoms with Gasteiger partial charge in [-0.05, 0) is 13.2 Å². The van der Waals surface area contributed by atoms with E-state index in [1.165, 1.54) is 11.8 Å². The molecule has 0 bridgehead atoms. The predicted octanol–water partition coefficient (Wildman–Crippen LogP) is 4.09. The Hall–Kier alpha value is -0.180. The van der Waals surface area contributed by atoms with Gasteiger partial charge in [-0.15, -0.1) is 0 Å². The van der Waals surface area contributed by atoms with E-state index in [1.807, 2.05) is 6.26 Å². The van der Waals surface area contributed by atoms with Gasteiger partial charge in [0.2, 0.25) is 0 Å². The predicted molar refractivity (Wildman–Crippen MR) is 68.7 cm³/mol. The Morgan fingerprint density at radius 1 is 1.15 bits per heavy atom. The molecule has 3 heteroatoms. The van der Waals surface area contributed by atoms with Crippen molar-refractivity contribution in [3.8, 4) is 0 Å². The van der Waals surface area contributed by atoms with Crippen LogP contribution in [0.3, 0.4) is 0 Å². The lowest BCUT2D eigenvalue weighted by atomic mass is 10.8. The highest BCUT2D eigenvalue weighted by molar-refractivity contribution is 7.99. The number of ether oxygens (including phenoxy) is 1. The average Bonchev–Trinajstić information content (AvgIpc) is 1.68. The largest absolute Gasteiger partial charge is 0.465 e. The summed E-state index contributed by atoms with van der Waals surface area (Å²) in [5.74, 6) is 0.341. The standard InChI is InChI=1S/C5H10O2S.5CH4/c1-3-7-5(6)4-8-2;;;;;/h3-4H2,1-2H3;5*1H4. The molecule has 0 aromatic rings. The minimum Gasteiger partial charge on any atom is -0.465 e. The van der Waals surface area contributed by atoms with Gasteiger partial charge in [-0.25, -0.2) is 0 Å². The lowest BCUT2D eigenvalue weighted by Gasteiger charge is -1.96. The molecule has 2 nitrogen and oxygen atoms in total. The van der Waals surface area contributed by atoms with Crippen LogP contribution in [0.5, 0.6) is 0 Å². The van der Waals surface area contributed by atoms with Crippen LogP contribution in [0.2, 0.25) is 0 Å². The highest BCUT2D eigenvalue weighted by Gasteiger charge is 1.95. The Morgan fingerprint density at radius 2 is 1.54 bits per heavy atom. The third kappa shape index (κ3) is 33.7. The fraction of sp³-hybridized carbons (Fsp3) is 0.900. The van der Waals surface area contributed by atoms with Gasteiger partial charge >= 0.3 is 5.97 Å². The van der Waals surface area contributed by atoms with Gasteiger partial charge in [-0.1, -0.05) is 37.1 Å². The molecule has 0 amide bonds. The first-order valence-electron chi connectivity index (χ1n) is 2.45. The van der Waals surface area contributed by atoms with E-state index >= 15 is 0 Å². The van der Waals surface area contributed by atoms with Crippen molar-refractivity contribution in [2.75, 3.05) is 18.6 Å². The number of thioether (sulfide) groups is 1. The molecule has 0 fully saturated rings. The smallest absolute Gasteiger partial charge is 0.315 e. The van der Waals surface area contributed by atoms with Crippen LogP contribution in [0, 0.1) is 0 Å². The Bertz CT molecular complexity index is 67.3. The molecule has 0 saturated heterocycles. The molecule has 0 aliphatic carbocycles. The maximum Gasteiger partial charge on any atom is 0.315 e. The molecular formula is C10H30O2S. The van der Waals surface area contributed by atoms with Gasteiger partial charge in [-0.3, -0.25) is 4.79 Å². The van der Waals surface area contributed by atoms with Crippen molar-refractivity contribution >= 4 is 17.7 Å². The molecule has 13 heavy (non-hydrogen) atoms. The third-order valence-corrected chi connectivity index (χ3v) is 1.09. The number of hydrogen-bond donors (Lipinski definition) is 0. The zero-order valence-electron chi connectivity index (χ0n) is 5.14. The summed E-state index contributed by atoms with van der Waals surface area (Å²) in [6.45, 7) is 2.29. The molecular weight excluding hydrogens is 184 g/mol. The summed E-state index contributed by atoms with van der Waals surface area (Å²) in [4.78, 5) is 10.4. The molecule has 0 radical (unpaired) electrons. The van der Waals surface area contributed by atoms with Gasteiger partial charge in [0.15, 0.2) is 0 Å². The molecule has 0 spiro atoms. The topological polar surface area (TPSA) is 26.3 Å². The van der Waals surface area contributed by atoms with Gasteiger partial charge in [0, 0.05) is 0 Å². The van der Waals surface area contributed by atoms with E-state index in [0.717, 1.165) is 0 Å². The van der Waals surface area contributed by atoms with Crippen molar-refractivity contribution in [3.05, 3.63) is 0 Å². The highest BCUT2D eigenvalue weighted by atomic mass is 32.2. The van der Waals surface area contributed by atoms with E-state index in [1.54, 1.807) is 6.92 Å². The van der Waals surface area contributed by atoms with E-state index in [9.17, 15) is 4.79 Å². The minimum atomic E-state index is -0.125. The van der Waals surface area contributed by atoms with Crippen molar-refractivity contribution < 1.29 is 9.53 Å². The van der Waals surface area contributed by atoms with Crippen LogP contribution in [0.15, 0.2) is 0 Å². The molecule has 0 atom stereocenters. The van der Waals surface area contributed by atoms with Gasteiger partial charge in [-0.2, -0.15) is 11.8 Å². The van der Waals surface area contributed by atoms with Crippen LogP contribution in [0.25, 0.3) is 0 Å². The number of carbonyl (C=O) groups excluding carboxylic acids is 1. The number of carbonyl (C=O) groups is 1. The van der Waals surface area contributed by atoms with Crippen LogP contribution in [0.4, 0.5) is 0 Å². The zero-order valence-corrected chi connectivity index (χ0v) is 5.96. The summed E-state index contributed by atoms with van der Waals surface area (Å²) in [5.41, 5.74) is 0. The summed E-state index contributed by atoms with van der Waals surface area (Å²) < 4.78 is 4.62. The summed E-state index contributed by atoms with van der Waals surface area (Å²) in [7, 11) is 0. The molecule has 0 aliphatic heterocycles. The molecule has 0 rings (SSSR count). The quantitative estimate of drug-likeness (QED) is 0.662. The monoisotopic (exact) mass is 214 g/mol. The number of hydrogen-bond acceptors (Lipinski definition) is 3. The van der Waals surface area contributed by atoms with Crippen LogP contribution in [-0.4, -0.2) is 24.6 Å². The van der Waals surface area contributed by atoms with Crippen molar-refractivity contribution in [3.63, 3.8) is 0 Å². The molecule has 0 aromatic heterocycles. The first-order valence-corrected chi connectivity index (χ1v) is 3.85. The van der Waals surface area contributed by atoms with Crippen LogP contribution < -0.4 is 0 Å². The summed E-state index contributed by atoms with van der Waals surface area (Å²) in [6, 6.07) is 0. The Labute approximate surface area is 90.5 Å². The molecule has 0 N–H and O–H groups in total. The SMILES string of the molecule is C.C.C.C.C.CCOC(=O)CSC. The van der Waals surface area contributed by atoms with Crippen LogP contribution >= 0.6 is 11.8 Å². The lowest BCUT2D eigenvalue weighted by Crippen LogP contribution is -2.05. The second kappa shape index (κ2) is 29.8. The molecule has 0 aliphatic rings. The third-order valence-electron chi connectivity index (χ3n) is 0.568. The van der Waals surface area contributed by atoms with E-state index in [2.05, 4.69) is 4.74 Å². The fourth-order valence-corrected chi connectivity index (χ4v) is 0.640. The first-order chi connectivity index (χ1) is 3.81. The van der Waals surface area contributed by atoms with Crippen molar-refractivity contribution in [2.45, 2.75) is 44.1 Å². The number of esters is 1. The molecule has 88 valence electrons. The van der Waals surface area contributed by atoms with Gasteiger partial charge in [0.05, 0.1) is 12.4 Å². The first kappa shape index (κ1) is 38.5. The lowest BCUT2D eigenvalue weighted by molar-refractivity contribution is -0.139. The normalized spacial score (nSPS) is 5.38. The maximum atomic E-state index is 10.4. The highest BCUT2D eigenvalue weighted by Crippen LogP contribution is 1.91. The van der Waals surface area contributed by atoms with Crippen LogP contribution in [-0.2, 0) is 9.53 Å². The molecule has 0 unspecified atom stereocenters. The number of rotatable bonds is 3. The second-order valence-electron chi connectivity index (χ2n) is 1.24. The van der Waals surface area contributed by atoms with Gasteiger partial charge in [0.1, 0.15) is 0 Å². The Balaban J connectivity index is -0.0000000245. The van der Waals surface area contributed by atoms with E-state index < -0.39 is 0 Å². The Morgan fingerprint density at radius 3 is 1.77 bits per heavy atom. The average molecular weight is 214 g/mol. The van der Waals surface area contributed by atoms with Crippen molar-refractivity contribution in [1.29, 1.82) is 0 Å². The fourth-order valence-electron chi connectivity index (χ4n) is 0.321. The van der Waals surface area contributed by atoms with E-state index in [0.29, 0.717) is 12.4 Å². The summed E-state index contributed by atoms with van der Waals surface area (Å²) in [6.07, 6.45) is 1.87. The summed E-state index contributed by atoms with van der Waals surface area (Å²) in [5, 5.41) is 0. The second-order valence-corrected chi connectivity index (χ2v) is 2.10. The minimum absolute atomic E-state index is 0. The molecule has 0 heterocycles. The van der Waals surface area contributed by atoms with Crippen LogP contribution in [0.1, 0.15) is 44.1 Å². The zero-order chi connectivity index (χ0) is 6.41. The molecule has 0 saturated carbocycles.